The Morgan fingerprint density at radius 2 is 1.95 bits per heavy atom. The Hall–Kier alpha value is -1.80. The zero-order chi connectivity index (χ0) is 14.9. The molecule has 0 aliphatic heterocycles. The predicted molar refractivity (Wildman–Crippen MR) is 81.0 cm³/mol. The molecule has 1 aromatic carbocycles. The molecule has 0 bridgehead atoms. The summed E-state index contributed by atoms with van der Waals surface area (Å²) in [6.07, 6.45) is 1.41. The van der Waals surface area contributed by atoms with E-state index in [-0.39, 0.29) is 10.5 Å². The van der Waals surface area contributed by atoms with Gasteiger partial charge in [-0.25, -0.2) is 8.42 Å². The number of benzene rings is 1. The second-order valence-corrected chi connectivity index (χ2v) is 6.69. The van der Waals surface area contributed by atoms with E-state index in [9.17, 15) is 13.2 Å². The highest BCUT2D eigenvalue weighted by molar-refractivity contribution is 9.10. The van der Waals surface area contributed by atoms with Gasteiger partial charge in [0.15, 0.2) is 0 Å². The Morgan fingerprint density at radius 3 is 2.55 bits per heavy atom. The number of nitrogens with zero attached hydrogens (tertiary/aromatic N) is 1. The Balaban J connectivity index is 2.37. The highest BCUT2D eigenvalue weighted by atomic mass is 79.9. The second kappa shape index (κ2) is 5.29. The first-order valence-corrected chi connectivity index (χ1v) is 7.82. The SMILES string of the molecule is Cn1cc(NS(=O)(=O)c2ccc(N)c(Br)c2)ccc1=O. The van der Waals surface area contributed by atoms with E-state index < -0.39 is 10.0 Å². The van der Waals surface area contributed by atoms with Crippen LogP contribution in [-0.4, -0.2) is 13.0 Å². The molecule has 0 aliphatic rings. The van der Waals surface area contributed by atoms with Crippen molar-refractivity contribution in [2.24, 2.45) is 7.05 Å². The lowest BCUT2D eigenvalue weighted by Crippen LogP contribution is -2.18. The van der Waals surface area contributed by atoms with E-state index in [4.69, 9.17) is 5.73 Å². The molecule has 0 atom stereocenters. The van der Waals surface area contributed by atoms with Gasteiger partial charge in [0, 0.05) is 29.5 Å². The summed E-state index contributed by atoms with van der Waals surface area (Å²) in [6.45, 7) is 0. The third kappa shape index (κ3) is 3.02. The summed E-state index contributed by atoms with van der Waals surface area (Å²) >= 11 is 3.18. The lowest BCUT2D eigenvalue weighted by molar-refractivity contribution is 0.601. The van der Waals surface area contributed by atoms with E-state index in [1.165, 1.54) is 41.1 Å². The van der Waals surface area contributed by atoms with Crippen LogP contribution in [0.15, 0.2) is 50.7 Å². The molecule has 0 saturated heterocycles. The number of nitrogens with two attached hydrogens (primary N) is 1. The van der Waals surface area contributed by atoms with E-state index in [2.05, 4.69) is 20.7 Å². The molecule has 0 unspecified atom stereocenters. The molecule has 8 heteroatoms. The maximum absolute atomic E-state index is 12.2. The van der Waals surface area contributed by atoms with Crippen LogP contribution in [0, 0.1) is 0 Å². The Morgan fingerprint density at radius 1 is 1.25 bits per heavy atom. The van der Waals surface area contributed by atoms with Crippen molar-refractivity contribution in [3.63, 3.8) is 0 Å². The van der Waals surface area contributed by atoms with Gasteiger partial charge in [-0.15, -0.1) is 0 Å². The molecule has 0 spiro atoms. The topological polar surface area (TPSA) is 94.2 Å². The fraction of sp³-hybridized carbons (Fsp3) is 0.0833. The van der Waals surface area contributed by atoms with Gasteiger partial charge in [0.2, 0.25) is 5.56 Å². The standard InChI is InChI=1S/C12H12BrN3O3S/c1-16-7-8(2-5-12(16)17)15-20(18,19)9-3-4-11(14)10(13)6-9/h2-7,15H,14H2,1H3. The lowest BCUT2D eigenvalue weighted by Gasteiger charge is -2.10. The van der Waals surface area contributed by atoms with Gasteiger partial charge >= 0.3 is 0 Å². The molecule has 106 valence electrons. The zero-order valence-electron chi connectivity index (χ0n) is 10.5. The third-order valence-electron chi connectivity index (χ3n) is 2.62. The van der Waals surface area contributed by atoms with E-state index in [1.807, 2.05) is 0 Å². The number of nitrogens with one attached hydrogen (secondary N) is 1. The number of nitrogen functional groups attached to an aromatic ring is 1. The number of aromatic nitrogens is 1. The number of hydrogen-bond acceptors (Lipinski definition) is 4. The van der Waals surface area contributed by atoms with Gasteiger partial charge in [-0.05, 0) is 40.2 Å². The van der Waals surface area contributed by atoms with Crippen LogP contribution < -0.4 is 16.0 Å². The molecule has 0 fully saturated rings. The number of aryl methyl sites for hydroxylation is 1. The number of anilines is 2. The molecule has 1 heterocycles. The normalized spacial score (nSPS) is 11.3. The van der Waals surface area contributed by atoms with Crippen molar-refractivity contribution < 1.29 is 8.42 Å². The number of pyridine rings is 1. The van der Waals surface area contributed by atoms with Gasteiger partial charge in [-0.2, -0.15) is 0 Å². The van der Waals surface area contributed by atoms with E-state index in [1.54, 1.807) is 7.05 Å². The summed E-state index contributed by atoms with van der Waals surface area (Å²) in [5.41, 5.74) is 6.16. The maximum atomic E-state index is 12.2. The zero-order valence-corrected chi connectivity index (χ0v) is 12.9. The fourth-order valence-corrected chi connectivity index (χ4v) is 3.14. The first-order chi connectivity index (χ1) is 9.29. The van der Waals surface area contributed by atoms with Crippen LogP contribution in [0.25, 0.3) is 0 Å². The quantitative estimate of drug-likeness (QED) is 0.814. The van der Waals surface area contributed by atoms with Gasteiger partial charge in [0.05, 0.1) is 10.6 Å². The van der Waals surface area contributed by atoms with Gasteiger partial charge in [0.1, 0.15) is 0 Å². The molecule has 6 nitrogen and oxygen atoms in total. The van der Waals surface area contributed by atoms with E-state index in [0.29, 0.717) is 15.8 Å². The van der Waals surface area contributed by atoms with Crippen LogP contribution in [0.3, 0.4) is 0 Å². The van der Waals surface area contributed by atoms with Crippen molar-refractivity contribution in [2.45, 2.75) is 4.90 Å². The number of sulfonamides is 1. The second-order valence-electron chi connectivity index (χ2n) is 4.16. The van der Waals surface area contributed by atoms with Gasteiger partial charge in [-0.1, -0.05) is 0 Å². The predicted octanol–water partition coefficient (Wildman–Crippen LogP) is 1.53. The van der Waals surface area contributed by atoms with Crippen molar-refractivity contribution in [3.05, 3.63) is 51.4 Å². The summed E-state index contributed by atoms with van der Waals surface area (Å²) < 4.78 is 28.6. The van der Waals surface area contributed by atoms with Gasteiger partial charge in [-0.3, -0.25) is 9.52 Å². The summed E-state index contributed by atoms with van der Waals surface area (Å²) in [4.78, 5) is 11.3. The highest BCUT2D eigenvalue weighted by Gasteiger charge is 2.15. The van der Waals surface area contributed by atoms with Crippen molar-refractivity contribution in [1.29, 1.82) is 0 Å². The van der Waals surface area contributed by atoms with E-state index in [0.717, 1.165) is 0 Å². The molecule has 2 rings (SSSR count). The summed E-state index contributed by atoms with van der Waals surface area (Å²) in [6, 6.07) is 7.02. The first kappa shape index (κ1) is 14.6. The minimum Gasteiger partial charge on any atom is -0.398 e. The first-order valence-electron chi connectivity index (χ1n) is 5.54. The van der Waals surface area contributed by atoms with Crippen LogP contribution in [0.2, 0.25) is 0 Å². The van der Waals surface area contributed by atoms with Crippen molar-refractivity contribution in [3.8, 4) is 0 Å². The average Bonchev–Trinajstić information content (AvgIpc) is 2.37. The fourth-order valence-electron chi connectivity index (χ4n) is 1.54. The molecule has 3 N–H and O–H groups in total. The summed E-state index contributed by atoms with van der Waals surface area (Å²) in [5, 5.41) is 0. The van der Waals surface area contributed by atoms with Crippen LogP contribution in [0.5, 0.6) is 0 Å². The van der Waals surface area contributed by atoms with Crippen molar-refractivity contribution in [2.75, 3.05) is 10.5 Å². The van der Waals surface area contributed by atoms with Crippen LogP contribution in [0.1, 0.15) is 0 Å². The Kier molecular flexibility index (Phi) is 3.87. The van der Waals surface area contributed by atoms with Crippen molar-refractivity contribution >= 4 is 37.3 Å². The molecule has 0 amide bonds. The van der Waals surface area contributed by atoms with Crippen LogP contribution in [-0.2, 0) is 17.1 Å². The summed E-state index contributed by atoms with van der Waals surface area (Å²) in [7, 11) is -2.19. The molecule has 2 aromatic rings. The number of hydrogen-bond donors (Lipinski definition) is 2. The van der Waals surface area contributed by atoms with Gasteiger partial charge < -0.3 is 10.3 Å². The Labute approximate surface area is 124 Å². The van der Waals surface area contributed by atoms with Crippen LogP contribution in [0.4, 0.5) is 11.4 Å². The van der Waals surface area contributed by atoms with E-state index >= 15 is 0 Å². The molecular weight excluding hydrogens is 346 g/mol. The maximum Gasteiger partial charge on any atom is 0.261 e. The Bertz CT molecular complexity index is 815. The highest BCUT2D eigenvalue weighted by Crippen LogP contribution is 2.24. The summed E-state index contributed by atoms with van der Waals surface area (Å²) in [5.74, 6) is 0. The monoisotopic (exact) mass is 357 g/mol. The average molecular weight is 358 g/mol. The molecule has 0 aliphatic carbocycles. The molecule has 20 heavy (non-hydrogen) atoms. The van der Waals surface area contributed by atoms with Gasteiger partial charge in [0.25, 0.3) is 10.0 Å². The number of rotatable bonds is 3. The minimum atomic E-state index is -3.73. The number of halogens is 1. The van der Waals surface area contributed by atoms with Crippen LogP contribution >= 0.6 is 15.9 Å². The molecular formula is C12H12BrN3O3S. The molecule has 0 saturated carbocycles. The molecule has 0 radical (unpaired) electrons. The minimum absolute atomic E-state index is 0.0763. The third-order valence-corrected chi connectivity index (χ3v) is 4.69. The lowest BCUT2D eigenvalue weighted by atomic mass is 10.3. The smallest absolute Gasteiger partial charge is 0.261 e. The molecule has 1 aromatic heterocycles. The largest absolute Gasteiger partial charge is 0.398 e. The van der Waals surface area contributed by atoms with Crippen molar-refractivity contribution in [1.82, 2.24) is 4.57 Å².